The van der Waals surface area contributed by atoms with Gasteiger partial charge in [-0.2, -0.15) is 0 Å². The van der Waals surface area contributed by atoms with E-state index in [0.29, 0.717) is 0 Å². The molecule has 4 nitrogen and oxygen atoms in total. The van der Waals surface area contributed by atoms with E-state index in [9.17, 15) is 13.2 Å². The molecule has 1 aromatic carbocycles. The summed E-state index contributed by atoms with van der Waals surface area (Å²) in [5.74, 6) is -1.43. The summed E-state index contributed by atoms with van der Waals surface area (Å²) in [6.07, 6.45) is 0. The monoisotopic (exact) mass is 240 g/mol. The molecule has 0 radical (unpaired) electrons. The molecular weight excluding hydrogens is 228 g/mol. The fraction of sp³-hybridized carbons (Fsp3) is 0.182. The van der Waals surface area contributed by atoms with Crippen LogP contribution in [0.25, 0.3) is 0 Å². The van der Waals surface area contributed by atoms with Crippen LogP contribution < -0.4 is 0 Å². The standard InChI is InChI=1S/C11H12O4S/c1-8(2)10(11(12)13)16(14,15)9-6-4-3-5-7-9/h3-7H,1-2H3,(H,12,13). The number of carbonyl (C=O) groups is 1. The summed E-state index contributed by atoms with van der Waals surface area (Å²) in [6.45, 7) is 2.92. The molecule has 0 saturated carbocycles. The summed E-state index contributed by atoms with van der Waals surface area (Å²) in [4.78, 5) is 10.4. The minimum Gasteiger partial charge on any atom is -0.477 e. The summed E-state index contributed by atoms with van der Waals surface area (Å²) in [5.41, 5.74) is 0.261. The molecule has 1 aromatic rings. The first-order valence-electron chi connectivity index (χ1n) is 4.58. The van der Waals surface area contributed by atoms with Crippen LogP contribution in [0.2, 0.25) is 0 Å². The van der Waals surface area contributed by atoms with E-state index in [2.05, 4.69) is 0 Å². The van der Waals surface area contributed by atoms with E-state index in [1.807, 2.05) is 0 Å². The van der Waals surface area contributed by atoms with Gasteiger partial charge in [0.15, 0.2) is 4.91 Å². The van der Waals surface area contributed by atoms with Gasteiger partial charge in [0.1, 0.15) is 0 Å². The Morgan fingerprint density at radius 2 is 1.62 bits per heavy atom. The summed E-state index contributed by atoms with van der Waals surface area (Å²) >= 11 is 0. The molecule has 0 atom stereocenters. The Kier molecular flexibility index (Phi) is 3.49. The van der Waals surface area contributed by atoms with Crippen LogP contribution in [0, 0.1) is 0 Å². The fourth-order valence-electron chi connectivity index (χ4n) is 1.32. The molecule has 0 spiro atoms. The minimum atomic E-state index is -3.92. The maximum absolute atomic E-state index is 12.0. The number of sulfone groups is 1. The van der Waals surface area contributed by atoms with Gasteiger partial charge >= 0.3 is 5.97 Å². The van der Waals surface area contributed by atoms with Crippen molar-refractivity contribution in [3.8, 4) is 0 Å². The van der Waals surface area contributed by atoms with Crippen LogP contribution in [0.3, 0.4) is 0 Å². The zero-order chi connectivity index (χ0) is 12.3. The zero-order valence-corrected chi connectivity index (χ0v) is 9.78. The molecule has 0 aliphatic rings. The zero-order valence-electron chi connectivity index (χ0n) is 8.97. The van der Waals surface area contributed by atoms with E-state index < -0.39 is 20.7 Å². The Morgan fingerprint density at radius 1 is 1.12 bits per heavy atom. The van der Waals surface area contributed by atoms with E-state index >= 15 is 0 Å². The maximum Gasteiger partial charge on any atom is 0.347 e. The Bertz CT molecular complexity index is 522. The lowest BCUT2D eigenvalue weighted by atomic mass is 10.3. The molecule has 0 aromatic heterocycles. The second kappa shape index (κ2) is 4.49. The third-order valence-electron chi connectivity index (χ3n) is 1.97. The highest BCUT2D eigenvalue weighted by molar-refractivity contribution is 7.96. The van der Waals surface area contributed by atoms with Crippen molar-refractivity contribution in [2.24, 2.45) is 0 Å². The van der Waals surface area contributed by atoms with Crippen LogP contribution in [-0.4, -0.2) is 19.5 Å². The highest BCUT2D eigenvalue weighted by Crippen LogP contribution is 2.21. The van der Waals surface area contributed by atoms with Gasteiger partial charge in [-0.15, -0.1) is 0 Å². The molecule has 16 heavy (non-hydrogen) atoms. The number of hydrogen-bond acceptors (Lipinski definition) is 3. The van der Waals surface area contributed by atoms with Gasteiger partial charge in [-0.3, -0.25) is 0 Å². The summed E-state index contributed by atoms with van der Waals surface area (Å²) in [7, 11) is -3.92. The van der Waals surface area contributed by atoms with Crippen molar-refractivity contribution in [2.75, 3.05) is 0 Å². The Balaban J connectivity index is 3.44. The molecule has 1 rings (SSSR count). The first-order chi connectivity index (χ1) is 7.37. The highest BCUT2D eigenvalue weighted by atomic mass is 32.2. The Morgan fingerprint density at radius 3 is 2.00 bits per heavy atom. The highest BCUT2D eigenvalue weighted by Gasteiger charge is 2.27. The van der Waals surface area contributed by atoms with Crippen molar-refractivity contribution in [1.29, 1.82) is 0 Å². The molecule has 86 valence electrons. The van der Waals surface area contributed by atoms with E-state index in [1.165, 1.54) is 26.0 Å². The largest absolute Gasteiger partial charge is 0.477 e. The smallest absolute Gasteiger partial charge is 0.347 e. The fourth-order valence-corrected chi connectivity index (χ4v) is 2.83. The number of carboxylic acids is 1. The normalized spacial score (nSPS) is 10.9. The van der Waals surface area contributed by atoms with Gasteiger partial charge < -0.3 is 5.11 Å². The van der Waals surface area contributed by atoms with E-state index in [0.717, 1.165) is 0 Å². The van der Waals surface area contributed by atoms with Crippen LogP contribution in [0.4, 0.5) is 0 Å². The quantitative estimate of drug-likeness (QED) is 0.818. The molecule has 1 N–H and O–H groups in total. The number of rotatable bonds is 3. The average molecular weight is 240 g/mol. The van der Waals surface area contributed by atoms with Gasteiger partial charge in [-0.05, 0) is 31.6 Å². The van der Waals surface area contributed by atoms with Crippen LogP contribution in [0.15, 0.2) is 45.7 Å². The van der Waals surface area contributed by atoms with Crippen molar-refractivity contribution in [1.82, 2.24) is 0 Å². The van der Waals surface area contributed by atoms with Crippen LogP contribution in [-0.2, 0) is 14.6 Å². The minimum absolute atomic E-state index is 0.00593. The van der Waals surface area contributed by atoms with Gasteiger partial charge in [0.25, 0.3) is 0 Å². The number of allylic oxidation sites excluding steroid dienone is 1. The van der Waals surface area contributed by atoms with Crippen LogP contribution in [0.5, 0.6) is 0 Å². The van der Waals surface area contributed by atoms with Crippen molar-refractivity contribution < 1.29 is 18.3 Å². The Hall–Kier alpha value is -1.62. The number of benzene rings is 1. The van der Waals surface area contributed by atoms with Gasteiger partial charge in [-0.1, -0.05) is 18.2 Å². The van der Waals surface area contributed by atoms with Gasteiger partial charge in [0.2, 0.25) is 9.84 Å². The van der Waals surface area contributed by atoms with Crippen LogP contribution in [0.1, 0.15) is 13.8 Å². The van der Waals surface area contributed by atoms with E-state index in [4.69, 9.17) is 5.11 Å². The summed E-state index contributed by atoms with van der Waals surface area (Å²) < 4.78 is 24.0. The molecule has 0 aliphatic carbocycles. The van der Waals surface area contributed by atoms with Crippen molar-refractivity contribution in [3.63, 3.8) is 0 Å². The molecule has 0 heterocycles. The number of aliphatic carboxylic acids is 1. The average Bonchev–Trinajstić information content (AvgIpc) is 2.17. The molecule has 0 amide bonds. The lowest BCUT2D eigenvalue weighted by molar-refractivity contribution is -0.131. The van der Waals surface area contributed by atoms with Crippen molar-refractivity contribution >= 4 is 15.8 Å². The second-order valence-corrected chi connectivity index (χ2v) is 5.34. The maximum atomic E-state index is 12.0. The lowest BCUT2D eigenvalue weighted by Crippen LogP contribution is -2.14. The van der Waals surface area contributed by atoms with Crippen molar-refractivity contribution in [3.05, 3.63) is 40.8 Å². The first-order valence-corrected chi connectivity index (χ1v) is 6.06. The van der Waals surface area contributed by atoms with Crippen LogP contribution >= 0.6 is 0 Å². The molecule has 5 heteroatoms. The molecule has 0 saturated heterocycles. The van der Waals surface area contributed by atoms with E-state index in [1.54, 1.807) is 18.2 Å². The number of hydrogen-bond donors (Lipinski definition) is 1. The molecule has 0 bridgehead atoms. The predicted octanol–water partition coefficient (Wildman–Crippen LogP) is 1.84. The lowest BCUT2D eigenvalue weighted by Gasteiger charge is -2.06. The topological polar surface area (TPSA) is 71.4 Å². The molecule has 0 unspecified atom stereocenters. The van der Waals surface area contributed by atoms with Crippen molar-refractivity contribution in [2.45, 2.75) is 18.7 Å². The SMILES string of the molecule is CC(C)=C(C(=O)O)S(=O)(=O)c1ccccc1. The third kappa shape index (κ3) is 2.30. The third-order valence-corrected chi connectivity index (χ3v) is 3.98. The first kappa shape index (κ1) is 12.4. The van der Waals surface area contributed by atoms with Gasteiger partial charge in [-0.25, -0.2) is 13.2 Å². The number of carboxylic acid groups (broad SMARTS) is 1. The van der Waals surface area contributed by atoms with Gasteiger partial charge in [0, 0.05) is 0 Å². The van der Waals surface area contributed by atoms with Gasteiger partial charge in [0.05, 0.1) is 4.90 Å². The Labute approximate surface area is 94.1 Å². The second-order valence-electron chi connectivity index (χ2n) is 3.45. The molecular formula is C11H12O4S. The summed E-state index contributed by atoms with van der Waals surface area (Å²) in [6, 6.07) is 7.53. The van der Waals surface area contributed by atoms with E-state index in [-0.39, 0.29) is 10.5 Å². The molecule has 0 aliphatic heterocycles. The predicted molar refractivity (Wildman–Crippen MR) is 59.6 cm³/mol. The molecule has 0 fully saturated rings. The summed E-state index contributed by atoms with van der Waals surface area (Å²) in [5, 5.41) is 8.90.